The number of amides is 3. The molecule has 6 heteroatoms. The van der Waals surface area contributed by atoms with Crippen LogP contribution < -0.4 is 20.3 Å². The highest BCUT2D eigenvalue weighted by Crippen LogP contribution is 2.33. The summed E-state index contributed by atoms with van der Waals surface area (Å²) >= 11 is 0. The fourth-order valence-corrected chi connectivity index (χ4v) is 2.26. The molecule has 2 rings (SSSR count). The lowest BCUT2D eigenvalue weighted by molar-refractivity contribution is -0.125. The second-order valence-corrected chi connectivity index (χ2v) is 7.06. The lowest BCUT2D eigenvalue weighted by Gasteiger charge is -2.30. The van der Waals surface area contributed by atoms with Gasteiger partial charge in [-0.3, -0.25) is 4.79 Å². The Morgan fingerprint density at radius 3 is 2.65 bits per heavy atom. The number of benzene rings is 1. The summed E-state index contributed by atoms with van der Waals surface area (Å²) in [6, 6.07) is 5.38. The Kier molecular flexibility index (Phi) is 4.82. The summed E-state index contributed by atoms with van der Waals surface area (Å²) in [5.41, 5.74) is 1.68. The first kappa shape index (κ1) is 17.1. The summed E-state index contributed by atoms with van der Waals surface area (Å²) in [5.74, 6) is 0.603. The molecule has 1 aliphatic heterocycles. The van der Waals surface area contributed by atoms with E-state index in [2.05, 4.69) is 31.4 Å². The number of nitrogens with one attached hydrogen (secondary N) is 2. The SMILES string of the molecule is CC1Oc2ccc(CNC(=O)NCC(C)(C)C)cc2N(C)C1=O. The smallest absolute Gasteiger partial charge is 0.315 e. The number of nitrogens with zero attached hydrogens (tertiary/aromatic N) is 1. The van der Waals surface area contributed by atoms with Gasteiger partial charge in [0.05, 0.1) is 5.69 Å². The second-order valence-electron chi connectivity index (χ2n) is 7.06. The van der Waals surface area contributed by atoms with Crippen LogP contribution in [0.1, 0.15) is 33.3 Å². The highest BCUT2D eigenvalue weighted by atomic mass is 16.5. The van der Waals surface area contributed by atoms with Gasteiger partial charge in [-0.25, -0.2) is 4.79 Å². The van der Waals surface area contributed by atoms with Gasteiger partial charge < -0.3 is 20.3 Å². The molecule has 1 heterocycles. The van der Waals surface area contributed by atoms with Crippen molar-refractivity contribution in [3.63, 3.8) is 0 Å². The summed E-state index contributed by atoms with van der Waals surface area (Å²) in [5, 5.41) is 5.66. The van der Waals surface area contributed by atoms with E-state index in [-0.39, 0.29) is 17.4 Å². The Bertz CT molecular complexity index is 608. The van der Waals surface area contributed by atoms with Gasteiger partial charge >= 0.3 is 6.03 Å². The predicted molar refractivity (Wildman–Crippen MR) is 89.6 cm³/mol. The van der Waals surface area contributed by atoms with Crippen LogP contribution in [0, 0.1) is 5.41 Å². The Morgan fingerprint density at radius 1 is 1.30 bits per heavy atom. The third-order valence-electron chi connectivity index (χ3n) is 3.60. The van der Waals surface area contributed by atoms with Crippen LogP contribution in [0.15, 0.2) is 18.2 Å². The zero-order valence-corrected chi connectivity index (χ0v) is 14.4. The van der Waals surface area contributed by atoms with Crippen LogP contribution in [0.3, 0.4) is 0 Å². The third-order valence-corrected chi connectivity index (χ3v) is 3.60. The van der Waals surface area contributed by atoms with Gasteiger partial charge in [0.2, 0.25) is 0 Å². The molecule has 126 valence electrons. The number of hydrogen-bond acceptors (Lipinski definition) is 3. The Morgan fingerprint density at radius 2 is 2.00 bits per heavy atom. The second kappa shape index (κ2) is 6.48. The molecule has 0 saturated heterocycles. The molecule has 23 heavy (non-hydrogen) atoms. The first-order valence-electron chi connectivity index (χ1n) is 7.76. The summed E-state index contributed by atoms with van der Waals surface area (Å²) in [6.07, 6.45) is -0.473. The van der Waals surface area contributed by atoms with Crippen molar-refractivity contribution in [3.05, 3.63) is 23.8 Å². The maximum absolute atomic E-state index is 12.0. The molecule has 0 spiro atoms. The lowest BCUT2D eigenvalue weighted by atomic mass is 9.97. The van der Waals surface area contributed by atoms with E-state index in [0.717, 1.165) is 11.3 Å². The van der Waals surface area contributed by atoms with Crippen LogP contribution in [-0.2, 0) is 11.3 Å². The average Bonchev–Trinajstić information content (AvgIpc) is 2.48. The number of carbonyl (C=O) groups excluding carboxylic acids is 2. The topological polar surface area (TPSA) is 70.7 Å². The van der Waals surface area contributed by atoms with Crippen LogP contribution >= 0.6 is 0 Å². The quantitative estimate of drug-likeness (QED) is 0.898. The highest BCUT2D eigenvalue weighted by Gasteiger charge is 2.28. The lowest BCUT2D eigenvalue weighted by Crippen LogP contribution is -2.42. The van der Waals surface area contributed by atoms with E-state index >= 15 is 0 Å². The van der Waals surface area contributed by atoms with Crippen molar-refractivity contribution < 1.29 is 14.3 Å². The first-order chi connectivity index (χ1) is 10.7. The summed E-state index contributed by atoms with van der Waals surface area (Å²) in [6.45, 7) is 8.91. The fourth-order valence-electron chi connectivity index (χ4n) is 2.26. The highest BCUT2D eigenvalue weighted by molar-refractivity contribution is 5.99. The molecule has 0 saturated carbocycles. The summed E-state index contributed by atoms with van der Waals surface area (Å²) < 4.78 is 5.58. The van der Waals surface area contributed by atoms with Gasteiger partial charge in [-0.1, -0.05) is 26.8 Å². The van der Waals surface area contributed by atoms with Crippen LogP contribution in [0.4, 0.5) is 10.5 Å². The van der Waals surface area contributed by atoms with E-state index < -0.39 is 6.10 Å². The van der Waals surface area contributed by atoms with E-state index in [1.165, 1.54) is 0 Å². The van der Waals surface area contributed by atoms with Crippen LogP contribution in [0.2, 0.25) is 0 Å². The van der Waals surface area contributed by atoms with Gasteiger partial charge in [0.1, 0.15) is 5.75 Å². The van der Waals surface area contributed by atoms with Gasteiger partial charge in [-0.15, -0.1) is 0 Å². The molecule has 3 amide bonds. The van der Waals surface area contributed by atoms with Gasteiger partial charge in [-0.05, 0) is 30.0 Å². The number of rotatable bonds is 3. The number of carbonyl (C=O) groups is 2. The molecule has 0 aliphatic carbocycles. The molecule has 1 aliphatic rings. The molecule has 0 aromatic heterocycles. The first-order valence-corrected chi connectivity index (χ1v) is 7.76. The van der Waals surface area contributed by atoms with Crippen molar-refractivity contribution in [3.8, 4) is 5.75 Å². The maximum Gasteiger partial charge on any atom is 0.315 e. The van der Waals surface area contributed by atoms with Crippen molar-refractivity contribution in [2.75, 3.05) is 18.5 Å². The van der Waals surface area contributed by atoms with Crippen LogP contribution in [0.5, 0.6) is 5.75 Å². The van der Waals surface area contributed by atoms with Gasteiger partial charge in [0.15, 0.2) is 6.10 Å². The molecule has 1 unspecified atom stereocenters. The van der Waals surface area contributed by atoms with Crippen molar-refractivity contribution in [2.24, 2.45) is 5.41 Å². The minimum absolute atomic E-state index is 0.0419. The van der Waals surface area contributed by atoms with Crippen molar-refractivity contribution in [1.82, 2.24) is 10.6 Å². The minimum Gasteiger partial charge on any atom is -0.479 e. The van der Waals surface area contributed by atoms with E-state index in [1.54, 1.807) is 18.9 Å². The van der Waals surface area contributed by atoms with Crippen LogP contribution in [0.25, 0.3) is 0 Å². The van der Waals surface area contributed by atoms with Crippen molar-refractivity contribution in [1.29, 1.82) is 0 Å². The van der Waals surface area contributed by atoms with E-state index in [9.17, 15) is 9.59 Å². The molecule has 6 nitrogen and oxygen atoms in total. The molecule has 1 aromatic carbocycles. The molecule has 0 radical (unpaired) electrons. The molecule has 0 bridgehead atoms. The maximum atomic E-state index is 12.0. The Labute approximate surface area is 137 Å². The predicted octanol–water partition coefficient (Wildman–Crippen LogP) is 2.28. The molecule has 2 N–H and O–H groups in total. The Hall–Kier alpha value is -2.24. The number of ether oxygens (including phenoxy) is 1. The largest absolute Gasteiger partial charge is 0.479 e. The van der Waals surface area contributed by atoms with Gasteiger partial charge in [0, 0.05) is 20.1 Å². The molecule has 1 atom stereocenters. The van der Waals surface area contributed by atoms with E-state index in [0.29, 0.717) is 18.8 Å². The van der Waals surface area contributed by atoms with E-state index in [4.69, 9.17) is 4.74 Å². The average molecular weight is 319 g/mol. The number of fused-ring (bicyclic) bond motifs is 1. The molecular formula is C17H25N3O3. The van der Waals surface area contributed by atoms with Crippen LogP contribution in [-0.4, -0.2) is 31.6 Å². The van der Waals surface area contributed by atoms with Gasteiger partial charge in [-0.2, -0.15) is 0 Å². The van der Waals surface area contributed by atoms with Crippen molar-refractivity contribution >= 4 is 17.6 Å². The standard InChI is InChI=1S/C17H25N3O3/c1-11-15(21)20(5)13-8-12(6-7-14(13)23-11)9-18-16(22)19-10-17(2,3)4/h6-8,11H,9-10H2,1-5H3,(H2,18,19,22). The minimum atomic E-state index is -0.473. The van der Waals surface area contributed by atoms with Gasteiger partial charge in [0.25, 0.3) is 5.91 Å². The zero-order chi connectivity index (χ0) is 17.2. The number of anilines is 1. The third kappa shape index (κ3) is 4.37. The zero-order valence-electron chi connectivity index (χ0n) is 14.4. The normalized spacial score (nSPS) is 17.3. The molecule has 1 aromatic rings. The van der Waals surface area contributed by atoms with Crippen molar-refractivity contribution in [2.45, 2.75) is 40.3 Å². The molecule has 0 fully saturated rings. The number of hydrogen-bond donors (Lipinski definition) is 2. The number of urea groups is 1. The number of likely N-dealkylation sites (N-methyl/N-ethyl adjacent to an activating group) is 1. The monoisotopic (exact) mass is 319 g/mol. The van der Waals surface area contributed by atoms with E-state index in [1.807, 2.05) is 18.2 Å². The Balaban J connectivity index is 1.98. The summed E-state index contributed by atoms with van der Waals surface area (Å²) in [4.78, 5) is 25.4. The molecular weight excluding hydrogens is 294 g/mol. The fraction of sp³-hybridized carbons (Fsp3) is 0.529. The summed E-state index contributed by atoms with van der Waals surface area (Å²) in [7, 11) is 1.73.